The van der Waals surface area contributed by atoms with Gasteiger partial charge in [0.25, 0.3) is 0 Å². The first kappa shape index (κ1) is 18.9. The predicted molar refractivity (Wildman–Crippen MR) is 105 cm³/mol. The fraction of sp³-hybridized carbons (Fsp3) is 0.526. The topological polar surface area (TPSA) is 63.1 Å². The van der Waals surface area contributed by atoms with Gasteiger partial charge >= 0.3 is 0 Å². The van der Waals surface area contributed by atoms with Crippen molar-refractivity contribution in [2.24, 2.45) is 0 Å². The summed E-state index contributed by atoms with van der Waals surface area (Å²) in [6.45, 7) is 7.00. The number of amides is 1. The molecular weight excluding hydrogens is 346 g/mol. The molecule has 1 amide bonds. The number of nitrogens with one attached hydrogen (secondary N) is 1. The monoisotopic (exact) mass is 373 g/mol. The predicted octanol–water partition coefficient (Wildman–Crippen LogP) is 2.58. The highest BCUT2D eigenvalue weighted by Crippen LogP contribution is 2.24. The van der Waals surface area contributed by atoms with Crippen LogP contribution < -0.4 is 5.32 Å². The van der Waals surface area contributed by atoms with Crippen LogP contribution in [0.25, 0.3) is 11.4 Å². The Hall–Kier alpha value is -1.86. The maximum Gasteiger partial charge on any atom is 0.230 e. The Morgan fingerprint density at radius 2 is 2.08 bits per heavy atom. The van der Waals surface area contributed by atoms with Crippen molar-refractivity contribution in [3.8, 4) is 11.4 Å². The van der Waals surface area contributed by atoms with E-state index in [0.29, 0.717) is 11.8 Å². The van der Waals surface area contributed by atoms with Crippen LogP contribution in [0.1, 0.15) is 25.3 Å². The number of hydrogen-bond donors (Lipinski definition) is 1. The van der Waals surface area contributed by atoms with E-state index in [1.165, 1.54) is 17.3 Å². The quantitative estimate of drug-likeness (QED) is 0.789. The van der Waals surface area contributed by atoms with E-state index in [0.717, 1.165) is 49.0 Å². The minimum absolute atomic E-state index is 0.0762. The third kappa shape index (κ3) is 4.65. The molecule has 0 unspecified atom stereocenters. The van der Waals surface area contributed by atoms with Crippen LogP contribution in [0, 0.1) is 6.92 Å². The summed E-state index contributed by atoms with van der Waals surface area (Å²) >= 11 is 1.46. The zero-order valence-electron chi connectivity index (χ0n) is 15.7. The second-order valence-electron chi connectivity index (χ2n) is 6.85. The normalized spacial score (nSPS) is 16.0. The summed E-state index contributed by atoms with van der Waals surface area (Å²) in [6.07, 6.45) is 2.05. The molecule has 2 aromatic rings. The van der Waals surface area contributed by atoms with E-state index in [4.69, 9.17) is 0 Å². The number of aromatic nitrogens is 3. The van der Waals surface area contributed by atoms with Gasteiger partial charge in [-0.3, -0.25) is 4.79 Å². The second-order valence-corrected chi connectivity index (χ2v) is 7.80. The van der Waals surface area contributed by atoms with Gasteiger partial charge in [0, 0.05) is 18.2 Å². The Morgan fingerprint density at radius 1 is 1.31 bits per heavy atom. The summed E-state index contributed by atoms with van der Waals surface area (Å²) in [5.41, 5.74) is 2.25. The minimum atomic E-state index is 0.0762. The summed E-state index contributed by atoms with van der Waals surface area (Å²) in [6, 6.07) is 8.55. The molecule has 0 spiro atoms. The molecule has 0 bridgehead atoms. The molecule has 140 valence electrons. The van der Waals surface area contributed by atoms with Gasteiger partial charge in [0.05, 0.1) is 5.75 Å². The fourth-order valence-electron chi connectivity index (χ4n) is 3.23. The van der Waals surface area contributed by atoms with Gasteiger partial charge in [0.2, 0.25) is 5.91 Å². The van der Waals surface area contributed by atoms with Crippen LogP contribution in [0.15, 0.2) is 29.4 Å². The van der Waals surface area contributed by atoms with Crippen LogP contribution in [-0.4, -0.2) is 57.5 Å². The van der Waals surface area contributed by atoms with Gasteiger partial charge < -0.3 is 14.8 Å². The SMILES string of the molecule is CCn1c(SCC(=O)NC2CCN(C)CC2)nnc1-c1cccc(C)c1. The van der Waals surface area contributed by atoms with Gasteiger partial charge in [-0.2, -0.15) is 0 Å². The van der Waals surface area contributed by atoms with Gasteiger partial charge in [0.1, 0.15) is 0 Å². The number of nitrogens with zero attached hydrogens (tertiary/aromatic N) is 4. The van der Waals surface area contributed by atoms with Crippen molar-refractivity contribution in [1.29, 1.82) is 0 Å². The molecule has 1 aromatic heterocycles. The first-order valence-electron chi connectivity index (χ1n) is 9.17. The molecule has 1 fully saturated rings. The summed E-state index contributed by atoms with van der Waals surface area (Å²) in [5.74, 6) is 1.31. The number of piperidine rings is 1. The summed E-state index contributed by atoms with van der Waals surface area (Å²) in [5, 5.41) is 12.6. The largest absolute Gasteiger partial charge is 0.353 e. The Bertz CT molecular complexity index is 752. The van der Waals surface area contributed by atoms with Crippen LogP contribution in [0.2, 0.25) is 0 Å². The summed E-state index contributed by atoms with van der Waals surface area (Å²) in [7, 11) is 2.12. The van der Waals surface area contributed by atoms with Gasteiger partial charge in [-0.05, 0) is 52.9 Å². The van der Waals surface area contributed by atoms with Gasteiger partial charge in [-0.1, -0.05) is 35.5 Å². The highest BCUT2D eigenvalue weighted by Gasteiger charge is 2.19. The Kier molecular flexibility index (Phi) is 6.32. The van der Waals surface area contributed by atoms with E-state index in [2.05, 4.69) is 58.0 Å². The standard InChI is InChI=1S/C19H27N5OS/c1-4-24-18(15-7-5-6-14(2)12-15)21-22-19(24)26-13-17(25)20-16-8-10-23(3)11-9-16/h5-7,12,16H,4,8-11,13H2,1-3H3,(H,20,25). The van der Waals surface area contributed by atoms with Crippen molar-refractivity contribution in [2.75, 3.05) is 25.9 Å². The lowest BCUT2D eigenvalue weighted by Gasteiger charge is -2.29. The van der Waals surface area contributed by atoms with E-state index in [9.17, 15) is 4.79 Å². The van der Waals surface area contributed by atoms with Crippen LogP contribution >= 0.6 is 11.8 Å². The third-order valence-corrected chi connectivity index (χ3v) is 5.69. The molecule has 0 aliphatic carbocycles. The first-order chi connectivity index (χ1) is 12.6. The zero-order valence-corrected chi connectivity index (χ0v) is 16.6. The Labute approximate surface area is 159 Å². The summed E-state index contributed by atoms with van der Waals surface area (Å²) < 4.78 is 2.07. The van der Waals surface area contributed by atoms with Crippen LogP contribution in [0.4, 0.5) is 0 Å². The van der Waals surface area contributed by atoms with Crippen LogP contribution in [0.3, 0.4) is 0 Å². The minimum Gasteiger partial charge on any atom is -0.353 e. The Balaban J connectivity index is 1.60. The maximum absolute atomic E-state index is 12.3. The number of hydrogen-bond acceptors (Lipinski definition) is 5. The number of carbonyl (C=O) groups excluding carboxylic acids is 1. The molecule has 0 atom stereocenters. The van der Waals surface area contributed by atoms with Crippen LogP contribution in [0.5, 0.6) is 0 Å². The van der Waals surface area contributed by atoms with Gasteiger partial charge in [0.15, 0.2) is 11.0 Å². The molecule has 6 nitrogen and oxygen atoms in total. The highest BCUT2D eigenvalue weighted by atomic mass is 32.2. The lowest BCUT2D eigenvalue weighted by atomic mass is 10.1. The van der Waals surface area contributed by atoms with Crippen molar-refractivity contribution in [2.45, 2.75) is 44.4 Å². The van der Waals surface area contributed by atoms with E-state index in [1.807, 2.05) is 12.1 Å². The lowest BCUT2D eigenvalue weighted by molar-refractivity contribution is -0.119. The van der Waals surface area contributed by atoms with Crippen molar-refractivity contribution < 1.29 is 4.79 Å². The number of carbonyl (C=O) groups is 1. The van der Waals surface area contributed by atoms with Crippen molar-refractivity contribution in [3.63, 3.8) is 0 Å². The molecule has 0 radical (unpaired) electrons. The molecule has 1 aliphatic heterocycles. The lowest BCUT2D eigenvalue weighted by Crippen LogP contribution is -2.43. The van der Waals surface area contributed by atoms with Gasteiger partial charge in [-0.15, -0.1) is 10.2 Å². The fourth-order valence-corrected chi connectivity index (χ4v) is 4.04. The molecule has 1 aliphatic rings. The van der Waals surface area contributed by atoms with Crippen molar-refractivity contribution in [3.05, 3.63) is 29.8 Å². The molecule has 3 rings (SSSR count). The van der Waals surface area contributed by atoms with Crippen LogP contribution in [-0.2, 0) is 11.3 Å². The number of rotatable bonds is 6. The van der Waals surface area contributed by atoms with E-state index < -0.39 is 0 Å². The second kappa shape index (κ2) is 8.68. The third-order valence-electron chi connectivity index (χ3n) is 4.73. The van der Waals surface area contributed by atoms with E-state index in [1.54, 1.807) is 0 Å². The van der Waals surface area contributed by atoms with Gasteiger partial charge in [-0.25, -0.2) is 0 Å². The number of benzene rings is 1. The highest BCUT2D eigenvalue weighted by molar-refractivity contribution is 7.99. The van der Waals surface area contributed by atoms with Crippen molar-refractivity contribution >= 4 is 17.7 Å². The molecule has 0 saturated carbocycles. The van der Waals surface area contributed by atoms with E-state index >= 15 is 0 Å². The molecule has 1 N–H and O–H groups in total. The maximum atomic E-state index is 12.3. The average molecular weight is 374 g/mol. The van der Waals surface area contributed by atoms with E-state index in [-0.39, 0.29) is 5.91 Å². The number of aryl methyl sites for hydroxylation is 1. The molecule has 7 heteroatoms. The molecule has 26 heavy (non-hydrogen) atoms. The molecular formula is C19H27N5OS. The zero-order chi connectivity index (χ0) is 18.5. The molecule has 1 aromatic carbocycles. The number of likely N-dealkylation sites (tertiary alicyclic amines) is 1. The average Bonchev–Trinajstić information content (AvgIpc) is 3.05. The summed E-state index contributed by atoms with van der Waals surface area (Å²) in [4.78, 5) is 14.6. The van der Waals surface area contributed by atoms with Crippen molar-refractivity contribution in [1.82, 2.24) is 25.0 Å². The number of thioether (sulfide) groups is 1. The smallest absolute Gasteiger partial charge is 0.230 e. The molecule has 2 heterocycles. The Morgan fingerprint density at radius 3 is 2.77 bits per heavy atom. The first-order valence-corrected chi connectivity index (χ1v) is 10.2. The molecule has 1 saturated heterocycles.